The van der Waals surface area contributed by atoms with E-state index in [0.29, 0.717) is 39.0 Å². The first kappa shape index (κ1) is 37.9. The summed E-state index contributed by atoms with van der Waals surface area (Å²) in [6.07, 6.45) is 0. The van der Waals surface area contributed by atoms with E-state index in [1.165, 1.54) is 0 Å². The van der Waals surface area contributed by atoms with E-state index in [9.17, 15) is 19.2 Å². The van der Waals surface area contributed by atoms with Gasteiger partial charge in [0, 0.05) is 65.3 Å². The fourth-order valence-corrected chi connectivity index (χ4v) is 20.6. The standard InChI is InChI=1S/C88H53N5O3Si/c1-10-37-68-57(26-1)58-27-2-11-38-69(58)88(68)70-39-12-20-47-79(70)94-80-51-50-56(53-71(80)88)97(81-48-22-35-65-63-32-8-18-45-77(63)95-83(65)81,82-49-23-36-66-64-33-9-19-46-78(64)96-84(66)82)55-25-21-24-54(52-55)85-89-86(91-87(90-85)93-74-42-15-5-30-61(74)62-31-6-16-43-75(62)93)67-34-7-17-44-76(67)92-72-40-13-3-28-59(72)60-29-4-14-41-73(60)92/h1-53H/i3D,4D,5D,6D,7D,13D,14D,15D,16D,17D,28D,29D,30D,31D,34D,40D,41D,42D,43D,44D. The molecule has 0 N–H and O–H groups in total. The first-order valence-electron chi connectivity index (χ1n) is 41.3. The molecule has 14 aromatic carbocycles. The van der Waals surface area contributed by atoms with Gasteiger partial charge in [-0.2, -0.15) is 9.97 Å². The summed E-state index contributed by atoms with van der Waals surface area (Å²) >= 11 is 0. The summed E-state index contributed by atoms with van der Waals surface area (Å²) in [5.41, 5.74) is 3.87. The molecular formula is C88H53N5O3Si. The first-order chi connectivity index (χ1) is 56.4. The summed E-state index contributed by atoms with van der Waals surface area (Å²) < 4.78 is 212. The Morgan fingerprint density at radius 2 is 0.814 bits per heavy atom. The van der Waals surface area contributed by atoms with Crippen molar-refractivity contribution in [2.45, 2.75) is 5.41 Å². The molecule has 6 heterocycles. The van der Waals surface area contributed by atoms with Gasteiger partial charge < -0.3 is 18.1 Å². The normalized spacial score (nSPS) is 16.0. The molecule has 1 aliphatic heterocycles. The molecule has 0 fully saturated rings. The lowest BCUT2D eigenvalue weighted by Crippen LogP contribution is -2.75. The molecule has 0 unspecified atom stereocenters. The van der Waals surface area contributed by atoms with Crippen molar-refractivity contribution in [1.29, 1.82) is 0 Å². The van der Waals surface area contributed by atoms with Gasteiger partial charge in [-0.25, -0.2) is 4.98 Å². The molecule has 97 heavy (non-hydrogen) atoms. The summed E-state index contributed by atoms with van der Waals surface area (Å²) in [7, 11) is -4.47. The van der Waals surface area contributed by atoms with Crippen LogP contribution >= 0.6 is 0 Å². The highest BCUT2D eigenvalue weighted by Crippen LogP contribution is 2.62. The van der Waals surface area contributed by atoms with E-state index in [2.05, 4.69) is 54.6 Å². The third-order valence-electron chi connectivity index (χ3n) is 19.5. The first-order valence-corrected chi connectivity index (χ1v) is 33.3. The van der Waals surface area contributed by atoms with Gasteiger partial charge in [0.2, 0.25) is 5.95 Å². The Morgan fingerprint density at radius 1 is 0.340 bits per heavy atom. The van der Waals surface area contributed by atoms with Crippen LogP contribution in [0, 0.1) is 0 Å². The lowest BCUT2D eigenvalue weighted by molar-refractivity contribution is 0.436. The molecule has 0 atom stereocenters. The molecule has 1 aliphatic carbocycles. The third kappa shape index (κ3) is 7.43. The highest BCUT2D eigenvalue weighted by Gasteiger charge is 2.53. The number of hydrogen-bond donors (Lipinski definition) is 0. The van der Waals surface area contributed by atoms with Gasteiger partial charge in [0.25, 0.3) is 0 Å². The van der Waals surface area contributed by atoms with Crippen molar-refractivity contribution >= 4 is 116 Å². The highest BCUT2D eigenvalue weighted by molar-refractivity contribution is 7.21. The van der Waals surface area contributed by atoms with Crippen LogP contribution in [0.15, 0.2) is 330 Å². The van der Waals surface area contributed by atoms with E-state index in [1.54, 1.807) is 12.1 Å². The van der Waals surface area contributed by atoms with E-state index in [4.69, 9.17) is 36.7 Å². The van der Waals surface area contributed by atoms with Crippen molar-refractivity contribution in [2.24, 2.45) is 0 Å². The molecule has 0 saturated carbocycles. The van der Waals surface area contributed by atoms with Gasteiger partial charge in [-0.1, -0.05) is 261 Å². The largest absolute Gasteiger partial charge is 0.457 e. The predicted molar refractivity (Wildman–Crippen MR) is 395 cm³/mol. The van der Waals surface area contributed by atoms with E-state index < -0.39 is 190 Å². The van der Waals surface area contributed by atoms with Crippen LogP contribution in [0.25, 0.3) is 133 Å². The fourth-order valence-electron chi connectivity index (χ4n) is 15.6. The minimum atomic E-state index is -4.47. The van der Waals surface area contributed by atoms with Gasteiger partial charge in [0.1, 0.15) is 33.8 Å². The van der Waals surface area contributed by atoms with Crippen molar-refractivity contribution in [3.05, 3.63) is 343 Å². The Hall–Kier alpha value is -12.7. The maximum Gasteiger partial charge on any atom is 0.238 e. The number of hydrogen-bond acceptors (Lipinski definition) is 6. The lowest BCUT2D eigenvalue weighted by atomic mass is 9.66. The van der Waals surface area contributed by atoms with Gasteiger partial charge in [-0.3, -0.25) is 4.57 Å². The van der Waals surface area contributed by atoms with Crippen molar-refractivity contribution in [3.63, 3.8) is 0 Å². The molecule has 19 aromatic rings. The molecule has 1 spiro atoms. The summed E-state index contributed by atoms with van der Waals surface area (Å²) in [5.74, 6) is -0.422. The zero-order chi connectivity index (χ0) is 80.9. The Morgan fingerprint density at radius 3 is 1.43 bits per heavy atom. The maximum absolute atomic E-state index is 10.2. The lowest BCUT2D eigenvalue weighted by Gasteiger charge is -2.41. The molecule has 0 radical (unpaired) electrons. The average Bonchev–Trinajstić information content (AvgIpc) is 1.57. The number of nitrogens with zero attached hydrogens (tertiary/aromatic N) is 5. The van der Waals surface area contributed by atoms with E-state index in [-0.39, 0.29) is 22.2 Å². The van der Waals surface area contributed by atoms with Crippen LogP contribution in [0.5, 0.6) is 11.5 Å². The molecule has 0 bridgehead atoms. The smallest absolute Gasteiger partial charge is 0.238 e. The van der Waals surface area contributed by atoms with Gasteiger partial charge >= 0.3 is 0 Å². The Bertz CT molecular complexity index is 7500. The summed E-state index contributed by atoms with van der Waals surface area (Å²) in [6, 6.07) is 50.2. The van der Waals surface area contributed by atoms with Crippen LogP contribution in [-0.4, -0.2) is 32.2 Å². The quantitative estimate of drug-likeness (QED) is 0.111. The Labute approximate surface area is 584 Å². The molecule has 5 aromatic heterocycles. The van der Waals surface area contributed by atoms with Crippen LogP contribution in [0.2, 0.25) is 0 Å². The van der Waals surface area contributed by atoms with Gasteiger partial charge in [-0.15, -0.1) is 0 Å². The zero-order valence-electron chi connectivity index (χ0n) is 70.5. The molecule has 2 aliphatic rings. The third-order valence-corrected chi connectivity index (χ3v) is 24.2. The number of rotatable bonds is 8. The highest BCUT2D eigenvalue weighted by atomic mass is 28.3. The minimum absolute atomic E-state index is 0.139. The van der Waals surface area contributed by atoms with E-state index in [1.807, 2.05) is 133 Å². The second-order valence-electron chi connectivity index (χ2n) is 24.1. The van der Waals surface area contributed by atoms with Crippen LogP contribution < -0.4 is 25.5 Å². The second kappa shape index (κ2) is 20.4. The van der Waals surface area contributed by atoms with E-state index >= 15 is 0 Å². The van der Waals surface area contributed by atoms with Gasteiger partial charge in [0.15, 0.2) is 19.7 Å². The number of para-hydroxylation sites is 10. The topological polar surface area (TPSA) is 84.0 Å². The van der Waals surface area contributed by atoms with Crippen molar-refractivity contribution < 1.29 is 41.0 Å². The Kier molecular flexibility index (Phi) is 7.97. The van der Waals surface area contributed by atoms with Gasteiger partial charge in [-0.05, 0) is 104 Å². The van der Waals surface area contributed by atoms with Gasteiger partial charge in [0.05, 0.1) is 60.6 Å². The van der Waals surface area contributed by atoms with Crippen molar-refractivity contribution in [3.8, 4) is 57.0 Å². The van der Waals surface area contributed by atoms with Crippen LogP contribution in [-0.2, 0) is 5.41 Å². The second-order valence-corrected chi connectivity index (χ2v) is 27.8. The van der Waals surface area contributed by atoms with Crippen molar-refractivity contribution in [1.82, 2.24) is 24.1 Å². The average molecular weight is 1280 g/mol. The molecule has 452 valence electrons. The van der Waals surface area contributed by atoms with Crippen LogP contribution in [0.3, 0.4) is 0 Å². The SMILES string of the molecule is [2H]c1c([2H])c([2H])c(-n2c3c([2H])c([2H])c([2H])c([2H])c3c3c([2H])c([2H])c([2H])c([2H])c32)c(-c2nc(-c3cccc([Si](c4ccc5c(c4)C4(c6ccccc6O5)c5ccccc5-c5ccccc54)(c4cccc5c4oc4ccccc45)c4cccc5c4oc4ccccc45)c3)nc(-n3c4c([2H])c([2H])c([2H])c([2H])c4c4c([2H])c([2H])c([2H])c([2H])c43)n2)c1[2H]. The number of furan rings is 2. The van der Waals surface area contributed by atoms with Crippen molar-refractivity contribution in [2.75, 3.05) is 0 Å². The molecule has 9 heteroatoms. The number of fused-ring (bicyclic) bond motifs is 21. The van der Waals surface area contributed by atoms with Crippen LogP contribution in [0.1, 0.15) is 49.7 Å². The van der Waals surface area contributed by atoms with E-state index in [0.717, 1.165) is 79.6 Å². The summed E-state index contributed by atoms with van der Waals surface area (Å²) in [5, 5.41) is 4.46. The molecule has 21 rings (SSSR count). The fraction of sp³-hybridized carbons (Fsp3) is 0.0114. The monoisotopic (exact) mass is 1280 g/mol. The zero-order valence-corrected chi connectivity index (χ0v) is 51.5. The molecule has 0 amide bonds. The maximum atomic E-state index is 10.2. The number of ether oxygens (including phenoxy) is 1. The molecular weight excluding hydrogens is 1200 g/mol. The molecule has 0 saturated heterocycles. The van der Waals surface area contributed by atoms with Crippen LogP contribution in [0.4, 0.5) is 0 Å². The predicted octanol–water partition coefficient (Wildman–Crippen LogP) is 19.0. The molecule has 8 nitrogen and oxygen atoms in total. The number of benzene rings is 14. The minimum Gasteiger partial charge on any atom is -0.457 e. The summed E-state index contributed by atoms with van der Waals surface area (Å²) in [4.78, 5) is 15.6. The number of aromatic nitrogens is 5. The Balaban J connectivity index is 0.941. The summed E-state index contributed by atoms with van der Waals surface area (Å²) in [6.45, 7) is 0.